The maximum Gasteiger partial charge on any atom is 0.416 e. The highest BCUT2D eigenvalue weighted by atomic mass is 19.4. The molecule has 1 aromatic carbocycles. The minimum Gasteiger partial charge on any atom is -0.441 e. The van der Waals surface area contributed by atoms with Gasteiger partial charge < -0.3 is 9.52 Å². The molecule has 1 aromatic heterocycles. The van der Waals surface area contributed by atoms with Crippen LogP contribution in [0.3, 0.4) is 0 Å². The third-order valence-electron chi connectivity index (χ3n) is 4.56. The standard InChI is InChI=1S/C18H21F3N2O2/c1-12-16(10-23-7-3-4-13(9-23)11-24)22-17(25-12)14-5-2-6-15(8-14)18(19,20)21/h2,5-6,8,13,24H,3-4,7,9-11H2,1H3/t13-/m0/s1. The minimum atomic E-state index is -4.40. The number of hydrogen-bond donors (Lipinski definition) is 1. The van der Waals surface area contributed by atoms with Crippen LogP contribution in [-0.4, -0.2) is 34.7 Å². The Bertz CT molecular complexity index is 727. The molecule has 0 radical (unpaired) electrons. The second-order valence-corrected chi connectivity index (χ2v) is 6.53. The first-order valence-corrected chi connectivity index (χ1v) is 8.34. The van der Waals surface area contributed by atoms with E-state index in [-0.39, 0.29) is 18.4 Å². The van der Waals surface area contributed by atoms with Gasteiger partial charge in [-0.3, -0.25) is 4.90 Å². The van der Waals surface area contributed by atoms with E-state index in [9.17, 15) is 18.3 Å². The molecule has 7 heteroatoms. The molecule has 136 valence electrons. The number of likely N-dealkylation sites (tertiary alicyclic amines) is 1. The van der Waals surface area contributed by atoms with Crippen LogP contribution < -0.4 is 0 Å². The third kappa shape index (κ3) is 4.22. The molecule has 0 bridgehead atoms. The predicted octanol–water partition coefficient (Wildman–Crippen LogP) is 3.87. The van der Waals surface area contributed by atoms with Crippen molar-refractivity contribution < 1.29 is 22.7 Å². The minimum absolute atomic E-state index is 0.170. The Kier molecular flexibility index (Phi) is 5.15. The van der Waals surface area contributed by atoms with E-state index in [1.54, 1.807) is 13.0 Å². The Balaban J connectivity index is 1.79. The number of aliphatic hydroxyl groups excluding tert-OH is 1. The van der Waals surface area contributed by atoms with Crippen LogP contribution in [0.4, 0.5) is 13.2 Å². The number of oxazole rings is 1. The van der Waals surface area contributed by atoms with E-state index >= 15 is 0 Å². The van der Waals surface area contributed by atoms with Gasteiger partial charge in [-0.2, -0.15) is 13.2 Å². The van der Waals surface area contributed by atoms with Gasteiger partial charge >= 0.3 is 6.18 Å². The maximum atomic E-state index is 12.9. The molecule has 1 aliphatic heterocycles. The molecular formula is C18H21F3N2O2. The smallest absolute Gasteiger partial charge is 0.416 e. The number of aromatic nitrogens is 1. The van der Waals surface area contributed by atoms with Crippen LogP contribution in [0, 0.1) is 12.8 Å². The molecule has 1 N–H and O–H groups in total. The first-order chi connectivity index (χ1) is 11.9. The summed E-state index contributed by atoms with van der Waals surface area (Å²) in [6, 6.07) is 5.00. The molecule has 2 aromatic rings. The molecule has 4 nitrogen and oxygen atoms in total. The molecule has 1 aliphatic rings. The molecule has 0 aliphatic carbocycles. The molecule has 1 saturated heterocycles. The van der Waals surface area contributed by atoms with Crippen LogP contribution in [0.25, 0.3) is 11.5 Å². The summed E-state index contributed by atoms with van der Waals surface area (Å²) in [5.74, 6) is 1.08. The van der Waals surface area contributed by atoms with Crippen molar-refractivity contribution in [2.24, 2.45) is 5.92 Å². The van der Waals surface area contributed by atoms with Crippen LogP contribution in [0.2, 0.25) is 0 Å². The van der Waals surface area contributed by atoms with Crippen LogP contribution in [0.15, 0.2) is 28.7 Å². The molecule has 0 saturated carbocycles. The quantitative estimate of drug-likeness (QED) is 0.905. The molecule has 0 spiro atoms. The average Bonchev–Trinajstić information content (AvgIpc) is 2.95. The molecule has 25 heavy (non-hydrogen) atoms. The van der Waals surface area contributed by atoms with E-state index in [1.807, 2.05) is 0 Å². The van der Waals surface area contributed by atoms with E-state index in [1.165, 1.54) is 6.07 Å². The largest absolute Gasteiger partial charge is 0.441 e. The lowest BCUT2D eigenvalue weighted by atomic mass is 9.99. The Morgan fingerprint density at radius 3 is 2.88 bits per heavy atom. The fraction of sp³-hybridized carbons (Fsp3) is 0.500. The van der Waals surface area contributed by atoms with E-state index in [4.69, 9.17) is 4.42 Å². The number of alkyl halides is 3. The molecular weight excluding hydrogens is 333 g/mol. The Hall–Kier alpha value is -1.86. The average molecular weight is 354 g/mol. The number of rotatable bonds is 4. The van der Waals surface area contributed by atoms with E-state index in [2.05, 4.69) is 9.88 Å². The summed E-state index contributed by atoms with van der Waals surface area (Å²) in [5, 5.41) is 9.32. The summed E-state index contributed by atoms with van der Waals surface area (Å²) in [5.41, 5.74) is 0.325. The van der Waals surface area contributed by atoms with Gasteiger partial charge in [0.05, 0.1) is 11.3 Å². The fourth-order valence-corrected chi connectivity index (χ4v) is 3.18. The molecule has 3 rings (SSSR count). The number of aliphatic hydroxyl groups is 1. The number of piperidine rings is 1. The highest BCUT2D eigenvalue weighted by molar-refractivity contribution is 5.55. The van der Waals surface area contributed by atoms with Crippen molar-refractivity contribution in [3.8, 4) is 11.5 Å². The van der Waals surface area contributed by atoms with Gasteiger partial charge in [0, 0.05) is 25.3 Å². The van der Waals surface area contributed by atoms with Gasteiger partial charge in [-0.15, -0.1) is 0 Å². The molecule has 2 heterocycles. The van der Waals surface area contributed by atoms with Crippen LogP contribution >= 0.6 is 0 Å². The second-order valence-electron chi connectivity index (χ2n) is 6.53. The van der Waals surface area contributed by atoms with Crippen LogP contribution in [0.1, 0.15) is 29.9 Å². The van der Waals surface area contributed by atoms with Gasteiger partial charge in [-0.05, 0) is 50.4 Å². The van der Waals surface area contributed by atoms with Crippen molar-refractivity contribution in [1.29, 1.82) is 0 Å². The summed E-state index contributed by atoms with van der Waals surface area (Å²) in [7, 11) is 0. The summed E-state index contributed by atoms with van der Waals surface area (Å²) in [4.78, 5) is 6.61. The first-order valence-electron chi connectivity index (χ1n) is 8.34. The van der Waals surface area contributed by atoms with Crippen molar-refractivity contribution in [1.82, 2.24) is 9.88 Å². The lowest BCUT2D eigenvalue weighted by Gasteiger charge is -2.31. The van der Waals surface area contributed by atoms with Crippen molar-refractivity contribution in [3.05, 3.63) is 41.3 Å². The monoisotopic (exact) mass is 354 g/mol. The Labute approximate surface area is 144 Å². The third-order valence-corrected chi connectivity index (χ3v) is 4.56. The molecule has 0 amide bonds. The highest BCUT2D eigenvalue weighted by Gasteiger charge is 2.31. The van der Waals surface area contributed by atoms with Gasteiger partial charge in [0.2, 0.25) is 5.89 Å². The second kappa shape index (κ2) is 7.17. The number of aryl methyl sites for hydroxylation is 1. The molecule has 0 unspecified atom stereocenters. The molecule has 1 fully saturated rings. The van der Waals surface area contributed by atoms with Gasteiger partial charge in [-0.25, -0.2) is 4.98 Å². The maximum absolute atomic E-state index is 12.9. The highest BCUT2D eigenvalue weighted by Crippen LogP contribution is 2.32. The van der Waals surface area contributed by atoms with E-state index in [0.717, 1.165) is 43.8 Å². The first kappa shape index (κ1) is 17.9. The Morgan fingerprint density at radius 1 is 1.36 bits per heavy atom. The number of nitrogens with zero attached hydrogens (tertiary/aromatic N) is 2. The van der Waals surface area contributed by atoms with Crippen molar-refractivity contribution in [2.75, 3.05) is 19.7 Å². The normalized spacial score (nSPS) is 19.3. The van der Waals surface area contributed by atoms with Crippen molar-refractivity contribution >= 4 is 0 Å². The summed E-state index contributed by atoms with van der Waals surface area (Å²) < 4.78 is 44.2. The number of hydrogen-bond acceptors (Lipinski definition) is 4. The van der Waals surface area contributed by atoms with E-state index in [0.29, 0.717) is 17.9 Å². The number of halogens is 3. The zero-order chi connectivity index (χ0) is 18.0. The van der Waals surface area contributed by atoms with Crippen LogP contribution in [-0.2, 0) is 12.7 Å². The topological polar surface area (TPSA) is 49.5 Å². The van der Waals surface area contributed by atoms with E-state index < -0.39 is 11.7 Å². The zero-order valence-corrected chi connectivity index (χ0v) is 14.0. The van der Waals surface area contributed by atoms with Crippen molar-refractivity contribution in [3.63, 3.8) is 0 Å². The molecule has 1 atom stereocenters. The summed E-state index contributed by atoms with van der Waals surface area (Å²) >= 11 is 0. The lowest BCUT2D eigenvalue weighted by Crippen LogP contribution is -2.36. The SMILES string of the molecule is Cc1oc(-c2cccc(C(F)(F)F)c2)nc1CN1CCC[C@H](CO)C1. The number of benzene rings is 1. The van der Waals surface area contributed by atoms with Gasteiger partial charge in [0.15, 0.2) is 0 Å². The fourth-order valence-electron chi connectivity index (χ4n) is 3.18. The predicted molar refractivity (Wildman–Crippen MR) is 86.8 cm³/mol. The zero-order valence-electron chi connectivity index (χ0n) is 14.0. The van der Waals surface area contributed by atoms with Crippen molar-refractivity contribution in [2.45, 2.75) is 32.5 Å². The van der Waals surface area contributed by atoms with Gasteiger partial charge in [0.25, 0.3) is 0 Å². The summed E-state index contributed by atoms with van der Waals surface area (Å²) in [6.45, 7) is 4.23. The Morgan fingerprint density at radius 2 is 2.16 bits per heavy atom. The lowest BCUT2D eigenvalue weighted by molar-refractivity contribution is -0.137. The van der Waals surface area contributed by atoms with Gasteiger partial charge in [-0.1, -0.05) is 6.07 Å². The van der Waals surface area contributed by atoms with Crippen LogP contribution in [0.5, 0.6) is 0 Å². The summed E-state index contributed by atoms with van der Waals surface area (Å²) in [6.07, 6.45) is -2.36. The van der Waals surface area contributed by atoms with Gasteiger partial charge in [0.1, 0.15) is 5.76 Å².